The molecule has 30 heavy (non-hydrogen) atoms. The number of amides is 1. The van der Waals surface area contributed by atoms with Crippen LogP contribution in [0.25, 0.3) is 0 Å². The Labute approximate surface area is 185 Å². The van der Waals surface area contributed by atoms with Crippen LogP contribution in [0.2, 0.25) is 0 Å². The number of hydrogen-bond acceptors (Lipinski definition) is 1. The summed E-state index contributed by atoms with van der Waals surface area (Å²) in [6.45, 7) is 0. The van der Waals surface area contributed by atoms with Gasteiger partial charge >= 0.3 is 0 Å². The second-order valence-electron chi connectivity index (χ2n) is 7.16. The fraction of sp³-hybridized carbons (Fsp3) is 0.0741. The van der Waals surface area contributed by atoms with Crippen LogP contribution in [0.3, 0.4) is 0 Å². The van der Waals surface area contributed by atoms with Crippen molar-refractivity contribution in [1.82, 2.24) is 5.32 Å². The van der Waals surface area contributed by atoms with Crippen LogP contribution >= 0.6 is 15.9 Å². The van der Waals surface area contributed by atoms with E-state index in [2.05, 4.69) is 21.2 Å². The van der Waals surface area contributed by atoms with Gasteiger partial charge in [0, 0.05) is 4.47 Å². The largest absolute Gasteiger partial charge is 0.344 e. The van der Waals surface area contributed by atoms with Gasteiger partial charge in [0.2, 0.25) is 5.91 Å². The highest BCUT2D eigenvalue weighted by Gasteiger charge is 2.26. The normalized spacial score (nSPS) is 11.8. The number of hydrogen-bond donors (Lipinski definition) is 1. The van der Waals surface area contributed by atoms with Crippen molar-refractivity contribution in [2.24, 2.45) is 0 Å². The van der Waals surface area contributed by atoms with E-state index in [1.165, 1.54) is 0 Å². The summed E-state index contributed by atoms with van der Waals surface area (Å²) in [6.07, 6.45) is 0. The van der Waals surface area contributed by atoms with E-state index in [4.69, 9.17) is 0 Å². The number of nitrogens with one attached hydrogen (secondary N) is 1. The number of benzene rings is 4. The average Bonchev–Trinajstić information content (AvgIpc) is 2.80. The van der Waals surface area contributed by atoms with E-state index in [9.17, 15) is 4.79 Å². The molecular weight excluding hydrogens is 434 g/mol. The zero-order valence-corrected chi connectivity index (χ0v) is 18.0. The van der Waals surface area contributed by atoms with Crippen LogP contribution in [0.4, 0.5) is 0 Å². The third kappa shape index (κ3) is 4.69. The van der Waals surface area contributed by atoms with Crippen molar-refractivity contribution in [1.29, 1.82) is 0 Å². The van der Waals surface area contributed by atoms with E-state index in [1.807, 2.05) is 115 Å². The molecule has 148 valence electrons. The van der Waals surface area contributed by atoms with Crippen molar-refractivity contribution in [2.75, 3.05) is 0 Å². The highest BCUT2D eigenvalue weighted by atomic mass is 79.9. The van der Waals surface area contributed by atoms with E-state index in [1.54, 1.807) is 0 Å². The standard InChI is InChI=1S/C27H22BrNO/c28-24-18-16-23(17-19-24)26(22-14-8-3-9-15-22)29-27(30)25(20-10-4-1-5-11-20)21-12-6-2-7-13-21/h1-19,25-26H,(H,29,30)/t26-/m1/s1. The zero-order valence-electron chi connectivity index (χ0n) is 16.4. The van der Waals surface area contributed by atoms with Crippen LogP contribution in [0.1, 0.15) is 34.2 Å². The Morgan fingerprint density at radius 3 is 1.43 bits per heavy atom. The first-order valence-corrected chi connectivity index (χ1v) is 10.7. The summed E-state index contributed by atoms with van der Waals surface area (Å²) in [5, 5.41) is 3.31. The van der Waals surface area contributed by atoms with Gasteiger partial charge in [-0.2, -0.15) is 0 Å². The molecule has 0 heterocycles. The van der Waals surface area contributed by atoms with Crippen LogP contribution in [-0.2, 0) is 4.79 Å². The first-order valence-electron chi connectivity index (χ1n) is 9.93. The van der Waals surface area contributed by atoms with E-state index in [0.29, 0.717) is 0 Å². The second-order valence-corrected chi connectivity index (χ2v) is 8.07. The summed E-state index contributed by atoms with van der Waals surface area (Å²) in [5.74, 6) is -0.404. The van der Waals surface area contributed by atoms with Crippen LogP contribution in [0.5, 0.6) is 0 Å². The lowest BCUT2D eigenvalue weighted by molar-refractivity contribution is -0.122. The van der Waals surface area contributed by atoms with Crippen molar-refractivity contribution >= 4 is 21.8 Å². The molecule has 0 saturated carbocycles. The molecule has 0 aliphatic rings. The number of rotatable bonds is 6. The summed E-state index contributed by atoms with van der Waals surface area (Å²) < 4.78 is 1.01. The van der Waals surface area contributed by atoms with Gasteiger partial charge in [0.25, 0.3) is 0 Å². The molecule has 0 aliphatic heterocycles. The summed E-state index contributed by atoms with van der Waals surface area (Å²) >= 11 is 3.50. The molecule has 2 nitrogen and oxygen atoms in total. The van der Waals surface area contributed by atoms with Crippen LogP contribution in [0, 0.1) is 0 Å². The van der Waals surface area contributed by atoms with Crippen LogP contribution in [-0.4, -0.2) is 5.91 Å². The zero-order chi connectivity index (χ0) is 20.8. The lowest BCUT2D eigenvalue weighted by Crippen LogP contribution is -2.34. The van der Waals surface area contributed by atoms with Crippen molar-refractivity contribution in [3.8, 4) is 0 Å². The molecule has 3 heteroatoms. The van der Waals surface area contributed by atoms with Gasteiger partial charge in [-0.1, -0.05) is 119 Å². The second kappa shape index (κ2) is 9.55. The lowest BCUT2D eigenvalue weighted by atomic mass is 9.89. The van der Waals surface area contributed by atoms with Gasteiger partial charge in [0.05, 0.1) is 12.0 Å². The Morgan fingerprint density at radius 1 is 0.567 bits per heavy atom. The van der Waals surface area contributed by atoms with E-state index in [-0.39, 0.29) is 17.9 Å². The molecule has 1 atom stereocenters. The molecule has 1 amide bonds. The van der Waals surface area contributed by atoms with Crippen molar-refractivity contribution < 1.29 is 4.79 Å². The van der Waals surface area contributed by atoms with Gasteiger partial charge in [-0.05, 0) is 34.4 Å². The first kappa shape index (κ1) is 20.1. The molecule has 0 bridgehead atoms. The maximum Gasteiger partial charge on any atom is 0.232 e. The van der Waals surface area contributed by atoms with E-state index >= 15 is 0 Å². The minimum atomic E-state index is -0.380. The molecule has 0 aliphatic carbocycles. The third-order valence-corrected chi connectivity index (χ3v) is 5.68. The summed E-state index contributed by atoms with van der Waals surface area (Å²) in [5.41, 5.74) is 4.04. The van der Waals surface area contributed by atoms with Gasteiger partial charge in [-0.15, -0.1) is 0 Å². The molecule has 4 aromatic carbocycles. The maximum absolute atomic E-state index is 13.6. The van der Waals surface area contributed by atoms with Crippen molar-refractivity contribution in [3.63, 3.8) is 0 Å². The highest BCUT2D eigenvalue weighted by molar-refractivity contribution is 9.10. The smallest absolute Gasteiger partial charge is 0.232 e. The Morgan fingerprint density at radius 2 is 0.967 bits per heavy atom. The molecular formula is C27H22BrNO. The molecule has 4 rings (SSSR count). The van der Waals surface area contributed by atoms with E-state index < -0.39 is 0 Å². The quantitative estimate of drug-likeness (QED) is 0.353. The van der Waals surface area contributed by atoms with Gasteiger partial charge < -0.3 is 5.32 Å². The lowest BCUT2D eigenvalue weighted by Gasteiger charge is -2.24. The highest BCUT2D eigenvalue weighted by Crippen LogP contribution is 2.29. The molecule has 1 N–H and O–H groups in total. The monoisotopic (exact) mass is 455 g/mol. The predicted molar refractivity (Wildman–Crippen MR) is 125 cm³/mol. The summed E-state index contributed by atoms with van der Waals surface area (Å²) in [6, 6.07) is 37.8. The number of carbonyl (C=O) groups excluding carboxylic acids is 1. The fourth-order valence-electron chi connectivity index (χ4n) is 3.67. The molecule has 0 fully saturated rings. The van der Waals surface area contributed by atoms with Gasteiger partial charge in [0.1, 0.15) is 0 Å². The first-order chi connectivity index (χ1) is 14.7. The van der Waals surface area contributed by atoms with Crippen LogP contribution in [0.15, 0.2) is 120 Å². The molecule has 4 aromatic rings. The molecule has 0 spiro atoms. The summed E-state index contributed by atoms with van der Waals surface area (Å²) in [7, 11) is 0. The Hall–Kier alpha value is -3.17. The molecule has 0 unspecified atom stereocenters. The van der Waals surface area contributed by atoms with Gasteiger partial charge in [-0.25, -0.2) is 0 Å². The maximum atomic E-state index is 13.6. The average molecular weight is 456 g/mol. The Bertz CT molecular complexity index is 1040. The predicted octanol–water partition coefficient (Wildman–Crippen LogP) is 6.49. The summed E-state index contributed by atoms with van der Waals surface area (Å²) in [4.78, 5) is 13.6. The Kier molecular flexibility index (Phi) is 6.41. The number of carbonyl (C=O) groups is 1. The Balaban J connectivity index is 1.72. The number of halogens is 1. The van der Waals surface area contributed by atoms with Crippen LogP contribution < -0.4 is 5.32 Å². The fourth-order valence-corrected chi connectivity index (χ4v) is 3.94. The SMILES string of the molecule is O=C(N[C@H](c1ccccc1)c1ccc(Br)cc1)C(c1ccccc1)c1ccccc1. The molecule has 0 radical (unpaired) electrons. The van der Waals surface area contributed by atoms with Crippen molar-refractivity contribution in [2.45, 2.75) is 12.0 Å². The third-order valence-electron chi connectivity index (χ3n) is 5.15. The molecule has 0 saturated heterocycles. The minimum Gasteiger partial charge on any atom is -0.344 e. The molecule has 0 aromatic heterocycles. The minimum absolute atomic E-state index is 0.0239. The van der Waals surface area contributed by atoms with Crippen molar-refractivity contribution in [3.05, 3.63) is 142 Å². The topological polar surface area (TPSA) is 29.1 Å². The van der Waals surface area contributed by atoms with E-state index in [0.717, 1.165) is 26.7 Å². The van der Waals surface area contributed by atoms with Gasteiger partial charge in [0.15, 0.2) is 0 Å². The van der Waals surface area contributed by atoms with Gasteiger partial charge in [-0.3, -0.25) is 4.79 Å².